The van der Waals surface area contributed by atoms with E-state index in [2.05, 4.69) is 5.32 Å². The van der Waals surface area contributed by atoms with Crippen molar-refractivity contribution in [3.8, 4) is 0 Å². The van der Waals surface area contributed by atoms with Crippen molar-refractivity contribution >= 4 is 35.2 Å². The lowest BCUT2D eigenvalue weighted by Gasteiger charge is -2.30. The van der Waals surface area contributed by atoms with E-state index in [0.29, 0.717) is 23.7 Å². The Morgan fingerprint density at radius 3 is 2.38 bits per heavy atom. The number of nitrogens with zero attached hydrogens (tertiary/aromatic N) is 1. The monoisotopic (exact) mass is 432 g/mol. The van der Waals surface area contributed by atoms with Crippen LogP contribution in [0.3, 0.4) is 0 Å². The van der Waals surface area contributed by atoms with Crippen LogP contribution in [-0.4, -0.2) is 34.6 Å². The van der Waals surface area contributed by atoms with Gasteiger partial charge in [-0.25, -0.2) is 0 Å². The number of rotatable bonds is 10. The van der Waals surface area contributed by atoms with Crippen LogP contribution in [0.5, 0.6) is 0 Å². The molecule has 0 aliphatic heterocycles. The molecule has 29 heavy (non-hydrogen) atoms. The van der Waals surface area contributed by atoms with Crippen LogP contribution in [0.4, 0.5) is 0 Å². The minimum atomic E-state index is -0.575. The predicted octanol–water partition coefficient (Wildman–Crippen LogP) is 5.15. The first-order chi connectivity index (χ1) is 13.9. The summed E-state index contributed by atoms with van der Waals surface area (Å²) in [7, 11) is 0. The molecule has 0 saturated carbocycles. The first-order valence-corrected chi connectivity index (χ1v) is 11.3. The summed E-state index contributed by atoms with van der Waals surface area (Å²) in [5.41, 5.74) is 0.835. The molecule has 0 aliphatic rings. The fourth-order valence-electron chi connectivity index (χ4n) is 2.77. The Balaban J connectivity index is 2.08. The molecule has 2 atom stereocenters. The average Bonchev–Trinajstić information content (AvgIpc) is 2.73. The Labute approximate surface area is 183 Å². The highest BCUT2D eigenvalue weighted by Crippen LogP contribution is 2.21. The number of carbonyl (C=O) groups is 2. The molecule has 0 heterocycles. The Kier molecular flexibility index (Phi) is 9.55. The fourth-order valence-corrected chi connectivity index (χ4v) is 3.83. The summed E-state index contributed by atoms with van der Waals surface area (Å²) in [4.78, 5) is 28.5. The molecular formula is C23H29ClN2O2S. The zero-order valence-corrected chi connectivity index (χ0v) is 18.8. The second kappa shape index (κ2) is 11.9. The van der Waals surface area contributed by atoms with Crippen molar-refractivity contribution in [2.45, 2.75) is 57.1 Å². The van der Waals surface area contributed by atoms with Crippen molar-refractivity contribution < 1.29 is 9.59 Å². The summed E-state index contributed by atoms with van der Waals surface area (Å²) in [6, 6.07) is 16.9. The normalized spacial score (nSPS) is 12.8. The third-order valence-electron chi connectivity index (χ3n) is 4.79. The maximum atomic E-state index is 13.0. The molecule has 2 rings (SSSR count). The quantitative estimate of drug-likeness (QED) is 0.528. The van der Waals surface area contributed by atoms with E-state index in [0.717, 1.165) is 16.9 Å². The zero-order chi connectivity index (χ0) is 21.2. The molecule has 0 unspecified atom stereocenters. The van der Waals surface area contributed by atoms with Crippen LogP contribution in [0.2, 0.25) is 5.02 Å². The van der Waals surface area contributed by atoms with Crippen molar-refractivity contribution in [3.05, 3.63) is 65.2 Å². The highest BCUT2D eigenvalue weighted by atomic mass is 35.5. The Morgan fingerprint density at radius 1 is 1.07 bits per heavy atom. The molecule has 2 aromatic carbocycles. The molecule has 0 aliphatic carbocycles. The van der Waals surface area contributed by atoms with Crippen LogP contribution < -0.4 is 5.32 Å². The van der Waals surface area contributed by atoms with Crippen LogP contribution in [-0.2, 0) is 16.1 Å². The van der Waals surface area contributed by atoms with Crippen LogP contribution in [0, 0.1) is 0 Å². The molecule has 6 heteroatoms. The van der Waals surface area contributed by atoms with E-state index in [9.17, 15) is 9.59 Å². The third-order valence-corrected chi connectivity index (χ3v) is 6.18. The molecule has 0 radical (unpaired) electrons. The number of halogens is 1. The number of benzene rings is 2. The van der Waals surface area contributed by atoms with E-state index in [1.54, 1.807) is 29.7 Å². The highest BCUT2D eigenvalue weighted by molar-refractivity contribution is 7.99. The van der Waals surface area contributed by atoms with Gasteiger partial charge in [-0.2, -0.15) is 0 Å². The van der Waals surface area contributed by atoms with E-state index in [1.165, 1.54) is 0 Å². The van der Waals surface area contributed by atoms with Crippen molar-refractivity contribution in [2.75, 3.05) is 5.75 Å². The maximum absolute atomic E-state index is 13.0. The van der Waals surface area contributed by atoms with Crippen molar-refractivity contribution in [1.82, 2.24) is 10.2 Å². The van der Waals surface area contributed by atoms with Gasteiger partial charge < -0.3 is 10.2 Å². The first kappa shape index (κ1) is 23.3. The van der Waals surface area contributed by atoms with Gasteiger partial charge in [0.25, 0.3) is 0 Å². The van der Waals surface area contributed by atoms with Gasteiger partial charge in [-0.1, -0.05) is 54.9 Å². The molecule has 4 nitrogen and oxygen atoms in total. The van der Waals surface area contributed by atoms with Crippen molar-refractivity contribution in [3.63, 3.8) is 0 Å². The van der Waals surface area contributed by atoms with E-state index in [1.807, 2.05) is 62.4 Å². The standard InChI is InChI=1S/C23H29ClN2O2S/c1-4-17(2)25-23(28)18(3)26(16-19-10-8-9-13-21(19)24)22(27)14-15-29-20-11-6-5-7-12-20/h5-13,17-18H,4,14-16H2,1-3H3,(H,25,28)/t17-,18+/m1/s1. The maximum Gasteiger partial charge on any atom is 0.242 e. The van der Waals surface area contributed by atoms with Gasteiger partial charge in [-0.15, -0.1) is 11.8 Å². The van der Waals surface area contributed by atoms with Gasteiger partial charge in [-0.05, 0) is 44.0 Å². The molecule has 0 bridgehead atoms. The lowest BCUT2D eigenvalue weighted by molar-refractivity contribution is -0.140. The van der Waals surface area contributed by atoms with Gasteiger partial charge >= 0.3 is 0 Å². The van der Waals surface area contributed by atoms with Gasteiger partial charge in [0.1, 0.15) is 6.04 Å². The molecule has 0 spiro atoms. The predicted molar refractivity (Wildman–Crippen MR) is 121 cm³/mol. The zero-order valence-electron chi connectivity index (χ0n) is 17.2. The largest absolute Gasteiger partial charge is 0.352 e. The minimum Gasteiger partial charge on any atom is -0.352 e. The number of hydrogen-bond acceptors (Lipinski definition) is 3. The smallest absolute Gasteiger partial charge is 0.242 e. The topological polar surface area (TPSA) is 49.4 Å². The highest BCUT2D eigenvalue weighted by Gasteiger charge is 2.27. The van der Waals surface area contributed by atoms with Gasteiger partial charge in [0.2, 0.25) is 11.8 Å². The van der Waals surface area contributed by atoms with Gasteiger partial charge in [0, 0.05) is 34.7 Å². The fraction of sp³-hybridized carbons (Fsp3) is 0.391. The van der Waals surface area contributed by atoms with Crippen LogP contribution in [0.25, 0.3) is 0 Å². The second-order valence-electron chi connectivity index (χ2n) is 7.02. The lowest BCUT2D eigenvalue weighted by Crippen LogP contribution is -2.49. The molecular weight excluding hydrogens is 404 g/mol. The summed E-state index contributed by atoms with van der Waals surface area (Å²) in [5, 5.41) is 3.57. The number of hydrogen-bond donors (Lipinski definition) is 1. The van der Waals surface area contributed by atoms with Crippen molar-refractivity contribution in [2.24, 2.45) is 0 Å². The Morgan fingerprint density at radius 2 is 1.72 bits per heavy atom. The van der Waals surface area contributed by atoms with Crippen LogP contribution in [0.15, 0.2) is 59.5 Å². The molecule has 0 fully saturated rings. The SMILES string of the molecule is CC[C@@H](C)NC(=O)[C@H](C)N(Cc1ccccc1Cl)C(=O)CCSc1ccccc1. The minimum absolute atomic E-state index is 0.0554. The van der Waals surface area contributed by atoms with Crippen LogP contribution >= 0.6 is 23.4 Å². The van der Waals surface area contributed by atoms with Crippen molar-refractivity contribution in [1.29, 1.82) is 0 Å². The van der Waals surface area contributed by atoms with Gasteiger partial charge in [0.15, 0.2) is 0 Å². The third kappa shape index (κ3) is 7.41. The summed E-state index contributed by atoms with van der Waals surface area (Å²) >= 11 is 7.94. The van der Waals surface area contributed by atoms with E-state index >= 15 is 0 Å². The summed E-state index contributed by atoms with van der Waals surface area (Å²) in [6.07, 6.45) is 1.19. The number of carbonyl (C=O) groups excluding carboxylic acids is 2. The van der Waals surface area contributed by atoms with Gasteiger partial charge in [-0.3, -0.25) is 9.59 Å². The first-order valence-electron chi connectivity index (χ1n) is 9.93. The second-order valence-corrected chi connectivity index (χ2v) is 8.59. The molecule has 2 aromatic rings. The van der Waals surface area contributed by atoms with E-state index in [4.69, 9.17) is 11.6 Å². The lowest BCUT2D eigenvalue weighted by atomic mass is 10.1. The molecule has 2 amide bonds. The summed E-state index contributed by atoms with van der Waals surface area (Å²) < 4.78 is 0. The Bertz CT molecular complexity index is 800. The summed E-state index contributed by atoms with van der Waals surface area (Å²) in [5.74, 6) is 0.456. The average molecular weight is 433 g/mol. The number of amides is 2. The van der Waals surface area contributed by atoms with Crippen LogP contribution in [0.1, 0.15) is 39.2 Å². The number of nitrogens with one attached hydrogen (secondary N) is 1. The Hall–Kier alpha value is -1.98. The molecule has 0 aromatic heterocycles. The molecule has 156 valence electrons. The molecule has 1 N–H and O–H groups in total. The van der Waals surface area contributed by atoms with E-state index < -0.39 is 6.04 Å². The van der Waals surface area contributed by atoms with Gasteiger partial charge in [0.05, 0.1) is 0 Å². The number of thioether (sulfide) groups is 1. The van der Waals surface area contributed by atoms with E-state index in [-0.39, 0.29) is 17.9 Å². The summed E-state index contributed by atoms with van der Waals surface area (Å²) in [6.45, 7) is 6.06. The molecule has 0 saturated heterocycles.